The Kier molecular flexibility index (Phi) is 5.23. The molecule has 144 valence electrons. The quantitative estimate of drug-likeness (QED) is 0.684. The zero-order valence-corrected chi connectivity index (χ0v) is 15.7. The van der Waals surface area contributed by atoms with E-state index in [1.807, 2.05) is 18.2 Å². The molecule has 7 heteroatoms. The van der Waals surface area contributed by atoms with Crippen molar-refractivity contribution in [3.8, 4) is 11.5 Å². The zero-order valence-electron chi connectivity index (χ0n) is 15.7. The first-order chi connectivity index (χ1) is 13.7. The van der Waals surface area contributed by atoms with Gasteiger partial charge in [-0.15, -0.1) is 5.10 Å². The van der Waals surface area contributed by atoms with E-state index in [9.17, 15) is 4.79 Å². The molecule has 0 fully saturated rings. The first-order valence-corrected chi connectivity index (χ1v) is 9.27. The number of methoxy groups -OCH3 is 1. The fourth-order valence-corrected chi connectivity index (χ4v) is 3.33. The van der Waals surface area contributed by atoms with Gasteiger partial charge in [0.25, 0.3) is 0 Å². The Balaban J connectivity index is 1.30. The number of anilines is 1. The number of nitrogens with zero attached hydrogens (tertiary/aromatic N) is 3. The summed E-state index contributed by atoms with van der Waals surface area (Å²) in [6.07, 6.45) is 5.20. The lowest BCUT2D eigenvalue weighted by atomic mass is 10.1. The minimum absolute atomic E-state index is 0.0725. The largest absolute Gasteiger partial charge is 0.497 e. The summed E-state index contributed by atoms with van der Waals surface area (Å²) in [5.41, 5.74) is 4.13. The molecule has 1 aliphatic carbocycles. The molecule has 0 saturated carbocycles. The third-order valence-electron chi connectivity index (χ3n) is 4.70. The fraction of sp³-hybridized carbons (Fsp3) is 0.286. The molecule has 1 heterocycles. The van der Waals surface area contributed by atoms with E-state index in [1.165, 1.54) is 22.2 Å². The van der Waals surface area contributed by atoms with Crippen LogP contribution in [-0.2, 0) is 30.8 Å². The number of hydrogen-bond acceptors (Lipinski definition) is 5. The molecule has 7 nitrogen and oxygen atoms in total. The van der Waals surface area contributed by atoms with Crippen molar-refractivity contribution in [3.05, 3.63) is 65.5 Å². The normalized spacial score (nSPS) is 12.5. The molecule has 0 bridgehead atoms. The average molecular weight is 378 g/mol. The van der Waals surface area contributed by atoms with Crippen LogP contribution in [0.2, 0.25) is 0 Å². The smallest absolute Gasteiger partial charge is 0.246 e. The third kappa shape index (κ3) is 4.31. The zero-order chi connectivity index (χ0) is 19.3. The Hall–Kier alpha value is -3.35. The van der Waals surface area contributed by atoms with Crippen molar-refractivity contribution in [3.63, 3.8) is 0 Å². The molecule has 1 amide bonds. The van der Waals surface area contributed by atoms with Crippen molar-refractivity contribution in [2.75, 3.05) is 12.4 Å². The SMILES string of the molecule is COc1cccc(NC(=O)Cn2cc(COc3ccc4c(c3)CCC4)nn2)c1. The van der Waals surface area contributed by atoms with Gasteiger partial charge in [0.05, 0.1) is 13.3 Å². The van der Waals surface area contributed by atoms with Crippen LogP contribution in [0.5, 0.6) is 11.5 Å². The molecule has 0 unspecified atom stereocenters. The lowest BCUT2D eigenvalue weighted by molar-refractivity contribution is -0.116. The minimum Gasteiger partial charge on any atom is -0.497 e. The van der Waals surface area contributed by atoms with Crippen LogP contribution >= 0.6 is 0 Å². The van der Waals surface area contributed by atoms with E-state index in [0.29, 0.717) is 23.7 Å². The molecule has 0 radical (unpaired) electrons. The standard InChI is InChI=1S/C21H22N4O3/c1-27-19-7-3-6-17(11-19)22-21(26)13-25-12-18(23-24-25)14-28-20-9-8-15-4-2-5-16(15)10-20/h3,6-12H,2,4-5,13-14H2,1H3,(H,22,26). The third-order valence-corrected chi connectivity index (χ3v) is 4.70. The number of nitrogens with one attached hydrogen (secondary N) is 1. The second-order valence-corrected chi connectivity index (χ2v) is 6.76. The molecule has 0 aliphatic heterocycles. The number of benzene rings is 2. The molecule has 2 aromatic carbocycles. The number of aromatic nitrogens is 3. The van der Waals surface area contributed by atoms with Crippen molar-refractivity contribution < 1.29 is 14.3 Å². The van der Waals surface area contributed by atoms with Crippen LogP contribution in [0.4, 0.5) is 5.69 Å². The first-order valence-electron chi connectivity index (χ1n) is 9.27. The highest BCUT2D eigenvalue weighted by Crippen LogP contribution is 2.26. The molecule has 0 atom stereocenters. The van der Waals surface area contributed by atoms with E-state index in [0.717, 1.165) is 18.6 Å². The van der Waals surface area contributed by atoms with E-state index < -0.39 is 0 Å². The predicted molar refractivity (Wildman–Crippen MR) is 104 cm³/mol. The lowest BCUT2D eigenvalue weighted by Crippen LogP contribution is -2.19. The molecular weight excluding hydrogens is 356 g/mol. The number of rotatable bonds is 7. The first kappa shape index (κ1) is 18.0. The summed E-state index contributed by atoms with van der Waals surface area (Å²) in [4.78, 5) is 12.2. The van der Waals surface area contributed by atoms with Crippen molar-refractivity contribution >= 4 is 11.6 Å². The van der Waals surface area contributed by atoms with Crippen LogP contribution in [0, 0.1) is 0 Å². The number of hydrogen-bond donors (Lipinski definition) is 1. The van der Waals surface area contributed by atoms with Crippen molar-refractivity contribution in [1.29, 1.82) is 0 Å². The highest BCUT2D eigenvalue weighted by Gasteiger charge is 2.12. The van der Waals surface area contributed by atoms with Crippen molar-refractivity contribution in [2.45, 2.75) is 32.4 Å². The van der Waals surface area contributed by atoms with Gasteiger partial charge in [-0.3, -0.25) is 4.79 Å². The van der Waals surface area contributed by atoms with Gasteiger partial charge in [0.1, 0.15) is 30.3 Å². The van der Waals surface area contributed by atoms with E-state index in [1.54, 1.807) is 25.4 Å². The van der Waals surface area contributed by atoms with Crippen LogP contribution in [0.1, 0.15) is 23.2 Å². The molecule has 3 aromatic rings. The van der Waals surface area contributed by atoms with Gasteiger partial charge in [-0.05, 0) is 54.7 Å². The Morgan fingerprint density at radius 1 is 1.14 bits per heavy atom. The monoisotopic (exact) mass is 378 g/mol. The van der Waals surface area contributed by atoms with E-state index in [4.69, 9.17) is 9.47 Å². The Morgan fingerprint density at radius 2 is 2.04 bits per heavy atom. The average Bonchev–Trinajstić information content (AvgIpc) is 3.35. The second kappa shape index (κ2) is 8.12. The summed E-state index contributed by atoms with van der Waals surface area (Å²) in [5, 5.41) is 10.9. The lowest BCUT2D eigenvalue weighted by Gasteiger charge is -2.07. The van der Waals surface area contributed by atoms with Crippen LogP contribution in [0.25, 0.3) is 0 Å². The van der Waals surface area contributed by atoms with Crippen molar-refractivity contribution in [1.82, 2.24) is 15.0 Å². The Morgan fingerprint density at radius 3 is 2.93 bits per heavy atom. The molecule has 0 saturated heterocycles. The molecular formula is C21H22N4O3. The second-order valence-electron chi connectivity index (χ2n) is 6.76. The summed E-state index contributed by atoms with van der Waals surface area (Å²) >= 11 is 0. The number of ether oxygens (including phenoxy) is 2. The molecule has 1 aliphatic rings. The van der Waals surface area contributed by atoms with Gasteiger partial charge in [0.15, 0.2) is 0 Å². The minimum atomic E-state index is -0.191. The number of fused-ring (bicyclic) bond motifs is 1. The number of aryl methyl sites for hydroxylation is 2. The molecule has 1 N–H and O–H groups in total. The van der Waals surface area contributed by atoms with Gasteiger partial charge >= 0.3 is 0 Å². The summed E-state index contributed by atoms with van der Waals surface area (Å²) in [6, 6.07) is 13.4. The summed E-state index contributed by atoms with van der Waals surface area (Å²) in [6.45, 7) is 0.388. The van der Waals surface area contributed by atoms with Gasteiger partial charge in [0.2, 0.25) is 5.91 Å². The Bertz CT molecular complexity index is 983. The van der Waals surface area contributed by atoms with Crippen LogP contribution in [-0.4, -0.2) is 28.0 Å². The molecule has 1 aromatic heterocycles. The Labute approximate surface area is 163 Å². The van der Waals surface area contributed by atoms with Crippen LogP contribution in [0.3, 0.4) is 0 Å². The molecule has 28 heavy (non-hydrogen) atoms. The summed E-state index contributed by atoms with van der Waals surface area (Å²) in [5.74, 6) is 1.33. The van der Waals surface area contributed by atoms with Crippen LogP contribution in [0.15, 0.2) is 48.7 Å². The highest BCUT2D eigenvalue weighted by atomic mass is 16.5. The number of carbonyl (C=O) groups is 1. The number of carbonyl (C=O) groups excluding carboxylic acids is 1. The highest BCUT2D eigenvalue weighted by molar-refractivity contribution is 5.90. The van der Waals surface area contributed by atoms with Gasteiger partial charge in [-0.25, -0.2) is 4.68 Å². The molecule has 4 rings (SSSR count). The predicted octanol–water partition coefficient (Wildman–Crippen LogP) is 2.99. The van der Waals surface area contributed by atoms with Crippen molar-refractivity contribution in [2.24, 2.45) is 0 Å². The van der Waals surface area contributed by atoms with E-state index >= 15 is 0 Å². The van der Waals surface area contributed by atoms with Gasteiger partial charge in [0, 0.05) is 11.8 Å². The topological polar surface area (TPSA) is 78.3 Å². The maximum absolute atomic E-state index is 12.2. The summed E-state index contributed by atoms with van der Waals surface area (Å²) < 4.78 is 12.5. The number of amides is 1. The maximum atomic E-state index is 12.2. The van der Waals surface area contributed by atoms with Crippen LogP contribution < -0.4 is 14.8 Å². The van der Waals surface area contributed by atoms with Gasteiger partial charge in [-0.1, -0.05) is 17.3 Å². The maximum Gasteiger partial charge on any atom is 0.246 e. The van der Waals surface area contributed by atoms with E-state index in [-0.39, 0.29) is 12.5 Å². The fourth-order valence-electron chi connectivity index (χ4n) is 3.33. The van der Waals surface area contributed by atoms with E-state index in [2.05, 4.69) is 27.8 Å². The van der Waals surface area contributed by atoms with Gasteiger partial charge < -0.3 is 14.8 Å². The van der Waals surface area contributed by atoms with Gasteiger partial charge in [-0.2, -0.15) is 0 Å². The molecule has 0 spiro atoms. The summed E-state index contributed by atoms with van der Waals surface area (Å²) in [7, 11) is 1.59.